The van der Waals surface area contributed by atoms with Crippen molar-refractivity contribution >= 4 is 16.3 Å². The SMILES string of the molecule is CC(C)C1=[C-]Cc2ccc3ccccc3c21.[CH3-].[CH3-].[CH3-].[CH3-].[CH3-].[CH3-].[CH3-].[Hf].c1cc[cH-]c1. The molecule has 0 aromatic heterocycles. The van der Waals surface area contributed by atoms with Crippen LogP contribution in [-0.4, -0.2) is 0 Å². The molecule has 0 amide bonds. The van der Waals surface area contributed by atoms with Crippen molar-refractivity contribution in [3.05, 3.63) is 136 Å². The Balaban J connectivity index is -0.0000000916. The molecule has 0 saturated carbocycles. The van der Waals surface area contributed by atoms with Gasteiger partial charge in [0.2, 0.25) is 0 Å². The van der Waals surface area contributed by atoms with Crippen LogP contribution in [0.25, 0.3) is 16.3 Å². The molecule has 0 heterocycles. The fourth-order valence-corrected chi connectivity index (χ4v) is 2.87. The van der Waals surface area contributed by atoms with Crippen LogP contribution in [0.5, 0.6) is 0 Å². The molecule has 0 aliphatic heterocycles. The maximum atomic E-state index is 3.53. The molecule has 0 spiro atoms. The van der Waals surface area contributed by atoms with Gasteiger partial charge >= 0.3 is 0 Å². The third-order valence-electron chi connectivity index (χ3n) is 3.89. The minimum atomic E-state index is 0. The number of benzene rings is 2. The first kappa shape index (κ1) is 41.9. The van der Waals surface area contributed by atoms with Crippen LogP contribution in [0.1, 0.15) is 25.0 Å². The summed E-state index contributed by atoms with van der Waals surface area (Å²) in [5.41, 5.74) is 4.27. The summed E-state index contributed by atoms with van der Waals surface area (Å²) in [6.45, 7) is 4.50. The van der Waals surface area contributed by atoms with Gasteiger partial charge in [0.1, 0.15) is 0 Å². The van der Waals surface area contributed by atoms with E-state index in [4.69, 9.17) is 0 Å². The molecular weight excluding hydrogens is 515 g/mol. The van der Waals surface area contributed by atoms with E-state index >= 15 is 0 Å². The maximum absolute atomic E-state index is 3.53. The molecular formula is C28H41Hf-9. The molecule has 3 aromatic carbocycles. The predicted molar refractivity (Wildman–Crippen MR) is 136 cm³/mol. The monoisotopic (exact) mass is 557 g/mol. The van der Waals surface area contributed by atoms with Crippen molar-refractivity contribution < 1.29 is 25.8 Å². The van der Waals surface area contributed by atoms with Crippen LogP contribution >= 0.6 is 0 Å². The zero-order valence-electron chi connectivity index (χ0n) is 20.1. The Kier molecular flexibility index (Phi) is 28.8. The Morgan fingerprint density at radius 1 is 0.759 bits per heavy atom. The van der Waals surface area contributed by atoms with Gasteiger partial charge in [-0.25, -0.2) is 17.7 Å². The molecule has 0 saturated heterocycles. The fraction of sp³-hybridized carbons (Fsp3) is 0.143. The summed E-state index contributed by atoms with van der Waals surface area (Å²) >= 11 is 0. The molecule has 1 aliphatic carbocycles. The molecule has 0 fully saturated rings. The fourth-order valence-electron chi connectivity index (χ4n) is 2.87. The van der Waals surface area contributed by atoms with Crippen molar-refractivity contribution in [3.63, 3.8) is 0 Å². The molecule has 29 heavy (non-hydrogen) atoms. The van der Waals surface area contributed by atoms with Crippen molar-refractivity contribution in [2.75, 3.05) is 0 Å². The first-order chi connectivity index (χ1) is 10.3. The van der Waals surface area contributed by atoms with Crippen molar-refractivity contribution in [2.45, 2.75) is 20.3 Å². The van der Waals surface area contributed by atoms with Gasteiger partial charge in [-0.05, 0) is 5.39 Å². The summed E-state index contributed by atoms with van der Waals surface area (Å²) < 4.78 is 0. The third-order valence-corrected chi connectivity index (χ3v) is 3.89. The van der Waals surface area contributed by atoms with Gasteiger partial charge in [0.25, 0.3) is 0 Å². The van der Waals surface area contributed by atoms with Crippen LogP contribution in [0.4, 0.5) is 0 Å². The zero-order chi connectivity index (χ0) is 14.7. The van der Waals surface area contributed by atoms with Gasteiger partial charge in [0.05, 0.1) is 0 Å². The van der Waals surface area contributed by atoms with Crippen LogP contribution in [0.2, 0.25) is 0 Å². The van der Waals surface area contributed by atoms with Crippen LogP contribution in [-0.2, 0) is 32.3 Å². The Morgan fingerprint density at radius 2 is 1.31 bits per heavy atom. The number of rotatable bonds is 1. The van der Waals surface area contributed by atoms with E-state index in [1.165, 1.54) is 27.5 Å². The standard InChI is InChI=1S/C16H15.C5H5.7CH3.Hf/c1-11(2)14-10-9-13-8-7-12-5-3-4-6-15(12)16(13)14;1-2-4-5-3-1;;;;;;;;/h3-8,11H,9H2,1-2H3;1-5H;7*1H3;/q9*-1;. The van der Waals surface area contributed by atoms with E-state index in [0.29, 0.717) is 5.92 Å². The largest absolute Gasteiger partial charge is 0.358 e. The summed E-state index contributed by atoms with van der Waals surface area (Å²) in [7, 11) is 0. The topological polar surface area (TPSA) is 0 Å². The van der Waals surface area contributed by atoms with Gasteiger partial charge in [-0.1, -0.05) is 61.5 Å². The number of fused-ring (bicyclic) bond motifs is 3. The number of allylic oxidation sites excluding steroid dienone is 2. The van der Waals surface area contributed by atoms with Gasteiger partial charge in [0.15, 0.2) is 0 Å². The van der Waals surface area contributed by atoms with Crippen LogP contribution in [0.15, 0.2) is 66.7 Å². The van der Waals surface area contributed by atoms with Crippen molar-refractivity contribution in [3.8, 4) is 0 Å². The summed E-state index contributed by atoms with van der Waals surface area (Å²) in [5, 5.41) is 2.72. The second-order valence-electron chi connectivity index (χ2n) is 5.71. The van der Waals surface area contributed by atoms with E-state index < -0.39 is 0 Å². The summed E-state index contributed by atoms with van der Waals surface area (Å²) in [6, 6.07) is 23.1. The minimum absolute atomic E-state index is 0. The van der Waals surface area contributed by atoms with E-state index in [0.717, 1.165) is 6.42 Å². The molecule has 0 radical (unpaired) electrons. The molecule has 0 N–H and O–H groups in total. The molecule has 0 nitrogen and oxygen atoms in total. The molecule has 0 unspecified atom stereocenters. The van der Waals surface area contributed by atoms with Gasteiger partial charge in [-0.2, -0.15) is 23.8 Å². The Labute approximate surface area is 203 Å². The molecule has 1 heteroatoms. The van der Waals surface area contributed by atoms with Crippen LogP contribution in [0.3, 0.4) is 0 Å². The predicted octanol–water partition coefficient (Wildman–Crippen LogP) is 8.79. The van der Waals surface area contributed by atoms with E-state index in [1.807, 2.05) is 30.3 Å². The minimum Gasteiger partial charge on any atom is -0.358 e. The first-order valence-electron chi connectivity index (χ1n) is 7.56. The van der Waals surface area contributed by atoms with Gasteiger partial charge < -0.3 is 52.0 Å². The van der Waals surface area contributed by atoms with Crippen molar-refractivity contribution in [1.82, 2.24) is 0 Å². The Morgan fingerprint density at radius 3 is 1.79 bits per heavy atom. The molecule has 0 bridgehead atoms. The third kappa shape index (κ3) is 9.81. The van der Waals surface area contributed by atoms with Gasteiger partial charge in [0, 0.05) is 25.8 Å². The normalized spacial score (nSPS) is 9.28. The summed E-state index contributed by atoms with van der Waals surface area (Å²) in [4.78, 5) is 0. The molecule has 3 aromatic rings. The maximum Gasteiger partial charge on any atom is 0 e. The van der Waals surface area contributed by atoms with Crippen molar-refractivity contribution in [2.24, 2.45) is 5.92 Å². The van der Waals surface area contributed by atoms with E-state index in [1.54, 1.807) is 0 Å². The quantitative estimate of drug-likeness (QED) is 0.208. The van der Waals surface area contributed by atoms with Gasteiger partial charge in [-0.15, -0.1) is 12.0 Å². The number of hydrogen-bond acceptors (Lipinski definition) is 0. The smallest absolute Gasteiger partial charge is 0 e. The Hall–Kier alpha value is -1.34. The Bertz CT molecular complexity index is 732. The average molecular weight is 556 g/mol. The molecule has 0 atom stereocenters. The molecule has 1 aliphatic rings. The van der Waals surface area contributed by atoms with Gasteiger partial charge in [-0.3, -0.25) is 6.08 Å². The zero-order valence-corrected chi connectivity index (χ0v) is 23.7. The van der Waals surface area contributed by atoms with Crippen LogP contribution in [0, 0.1) is 64.0 Å². The van der Waals surface area contributed by atoms with Crippen LogP contribution < -0.4 is 0 Å². The number of hydrogen-bond donors (Lipinski definition) is 0. The average Bonchev–Trinajstić information content (AvgIpc) is 3.19. The molecule has 166 valence electrons. The first-order valence-corrected chi connectivity index (χ1v) is 7.56. The second-order valence-corrected chi connectivity index (χ2v) is 5.71. The van der Waals surface area contributed by atoms with Crippen molar-refractivity contribution in [1.29, 1.82) is 0 Å². The summed E-state index contributed by atoms with van der Waals surface area (Å²) in [5.74, 6) is 0.562. The second kappa shape index (κ2) is 20.0. The van der Waals surface area contributed by atoms with E-state index in [9.17, 15) is 0 Å². The summed E-state index contributed by atoms with van der Waals surface area (Å²) in [6.07, 6.45) is 4.51. The molecule has 4 rings (SSSR count). The van der Waals surface area contributed by atoms with E-state index in [2.05, 4.69) is 56.3 Å². The van der Waals surface area contributed by atoms with E-state index in [-0.39, 0.29) is 77.8 Å².